The monoisotopic (exact) mass is 476 g/mol. The van der Waals surface area contributed by atoms with E-state index in [1.807, 2.05) is 24.3 Å². The van der Waals surface area contributed by atoms with E-state index in [9.17, 15) is 17.6 Å². The van der Waals surface area contributed by atoms with Crippen molar-refractivity contribution in [2.24, 2.45) is 0 Å². The fourth-order valence-corrected chi connectivity index (χ4v) is 4.08. The van der Waals surface area contributed by atoms with Gasteiger partial charge in [-0.3, -0.25) is 9.52 Å². The van der Waals surface area contributed by atoms with E-state index in [0.29, 0.717) is 6.54 Å². The highest BCUT2D eigenvalue weighted by Crippen LogP contribution is 2.20. The Bertz CT molecular complexity index is 1130. The SMILES string of the molecule is CN(Cc1ccc(Br)cc1)C(=O)c1cccc(S(=O)(=O)Nc2ccccc2F)c1. The second kappa shape index (κ2) is 8.75. The van der Waals surface area contributed by atoms with Crippen molar-refractivity contribution in [3.63, 3.8) is 0 Å². The van der Waals surface area contributed by atoms with Gasteiger partial charge in [0.2, 0.25) is 0 Å². The fraction of sp³-hybridized carbons (Fsp3) is 0.0952. The van der Waals surface area contributed by atoms with Gasteiger partial charge in [-0.05, 0) is 48.0 Å². The Morgan fingerprint density at radius 3 is 2.41 bits per heavy atom. The molecule has 1 amide bonds. The Hall–Kier alpha value is -2.71. The average molecular weight is 477 g/mol. The highest BCUT2D eigenvalue weighted by Gasteiger charge is 2.19. The summed E-state index contributed by atoms with van der Waals surface area (Å²) in [6.45, 7) is 0.372. The number of nitrogens with zero attached hydrogens (tertiary/aromatic N) is 1. The maximum atomic E-state index is 13.8. The van der Waals surface area contributed by atoms with Crippen LogP contribution in [0.5, 0.6) is 0 Å². The van der Waals surface area contributed by atoms with Gasteiger partial charge in [-0.25, -0.2) is 12.8 Å². The number of para-hydroxylation sites is 1. The van der Waals surface area contributed by atoms with Gasteiger partial charge in [0.25, 0.3) is 15.9 Å². The zero-order chi connectivity index (χ0) is 21.0. The van der Waals surface area contributed by atoms with Crippen molar-refractivity contribution >= 4 is 37.5 Å². The van der Waals surface area contributed by atoms with Crippen LogP contribution < -0.4 is 4.72 Å². The van der Waals surface area contributed by atoms with Crippen LogP contribution in [0.3, 0.4) is 0 Å². The lowest BCUT2D eigenvalue weighted by molar-refractivity contribution is 0.0785. The van der Waals surface area contributed by atoms with Crippen LogP contribution in [0.25, 0.3) is 0 Å². The molecule has 3 aromatic carbocycles. The van der Waals surface area contributed by atoms with Crippen LogP contribution in [-0.2, 0) is 16.6 Å². The van der Waals surface area contributed by atoms with Gasteiger partial charge in [0, 0.05) is 23.6 Å². The van der Waals surface area contributed by atoms with Crippen molar-refractivity contribution in [3.8, 4) is 0 Å². The molecule has 0 aliphatic heterocycles. The topological polar surface area (TPSA) is 66.5 Å². The second-order valence-electron chi connectivity index (χ2n) is 6.40. The molecule has 0 aliphatic carbocycles. The second-order valence-corrected chi connectivity index (χ2v) is 9.00. The highest BCUT2D eigenvalue weighted by molar-refractivity contribution is 9.10. The summed E-state index contributed by atoms with van der Waals surface area (Å²) in [5, 5.41) is 0. The average Bonchev–Trinajstić information content (AvgIpc) is 2.71. The molecular formula is C21H18BrFN2O3S. The van der Waals surface area contributed by atoms with Gasteiger partial charge < -0.3 is 4.90 Å². The quantitative estimate of drug-likeness (QED) is 0.562. The third kappa shape index (κ3) is 5.21. The summed E-state index contributed by atoms with van der Waals surface area (Å²) in [7, 11) is -2.41. The normalized spacial score (nSPS) is 11.1. The van der Waals surface area contributed by atoms with Crippen molar-refractivity contribution in [2.45, 2.75) is 11.4 Å². The van der Waals surface area contributed by atoms with Crippen LogP contribution >= 0.6 is 15.9 Å². The third-order valence-corrected chi connectivity index (χ3v) is 6.08. The Balaban J connectivity index is 1.80. The minimum atomic E-state index is -4.05. The standard InChI is InChI=1S/C21H18BrFN2O3S/c1-25(14-15-9-11-17(22)12-10-15)21(26)16-5-4-6-18(13-16)29(27,28)24-20-8-3-2-7-19(20)23/h2-13,24H,14H2,1H3. The number of sulfonamides is 1. The minimum absolute atomic E-state index is 0.122. The lowest BCUT2D eigenvalue weighted by atomic mass is 10.1. The molecule has 0 atom stereocenters. The Kier molecular flexibility index (Phi) is 6.34. The predicted octanol–water partition coefficient (Wildman–Crippen LogP) is 4.66. The largest absolute Gasteiger partial charge is 0.337 e. The van der Waals surface area contributed by atoms with Crippen LogP contribution in [-0.4, -0.2) is 26.3 Å². The first-order valence-electron chi connectivity index (χ1n) is 8.63. The molecule has 150 valence electrons. The molecule has 0 aliphatic rings. The fourth-order valence-electron chi connectivity index (χ4n) is 2.70. The molecule has 29 heavy (non-hydrogen) atoms. The summed E-state index contributed by atoms with van der Waals surface area (Å²) in [4.78, 5) is 14.1. The molecule has 0 aromatic heterocycles. The van der Waals surface area contributed by atoms with Gasteiger partial charge in [0.15, 0.2) is 0 Å². The van der Waals surface area contributed by atoms with Crippen molar-refractivity contribution in [1.82, 2.24) is 4.90 Å². The van der Waals surface area contributed by atoms with Crippen molar-refractivity contribution in [2.75, 3.05) is 11.8 Å². The number of amides is 1. The number of anilines is 1. The van der Waals surface area contributed by atoms with Gasteiger partial charge in [-0.15, -0.1) is 0 Å². The molecule has 1 N–H and O–H groups in total. The van der Waals surface area contributed by atoms with Crippen LogP contribution in [0, 0.1) is 5.82 Å². The first-order valence-corrected chi connectivity index (χ1v) is 10.9. The molecule has 0 unspecified atom stereocenters. The number of carbonyl (C=O) groups excluding carboxylic acids is 1. The first kappa shape index (κ1) is 21.0. The number of nitrogens with one attached hydrogen (secondary N) is 1. The zero-order valence-electron chi connectivity index (χ0n) is 15.5. The van der Waals surface area contributed by atoms with Crippen LogP contribution in [0.1, 0.15) is 15.9 Å². The molecule has 0 spiro atoms. The van der Waals surface area contributed by atoms with Crippen LogP contribution in [0.2, 0.25) is 0 Å². The van der Waals surface area contributed by atoms with Gasteiger partial charge in [-0.1, -0.05) is 46.3 Å². The molecule has 8 heteroatoms. The van der Waals surface area contributed by atoms with E-state index in [2.05, 4.69) is 20.7 Å². The molecule has 3 rings (SSSR count). The summed E-state index contributed by atoms with van der Waals surface area (Å²) >= 11 is 3.37. The van der Waals surface area contributed by atoms with Crippen LogP contribution in [0.4, 0.5) is 10.1 Å². The number of halogens is 2. The summed E-state index contributed by atoms with van der Waals surface area (Å²) in [5.74, 6) is -1.01. The van der Waals surface area contributed by atoms with Crippen molar-refractivity contribution in [1.29, 1.82) is 0 Å². The number of hydrogen-bond donors (Lipinski definition) is 1. The van der Waals surface area contributed by atoms with Crippen LogP contribution in [0.15, 0.2) is 82.2 Å². The number of hydrogen-bond acceptors (Lipinski definition) is 3. The first-order chi connectivity index (χ1) is 13.8. The van der Waals surface area contributed by atoms with Gasteiger partial charge in [0.1, 0.15) is 5.82 Å². The molecule has 0 saturated heterocycles. The molecule has 3 aromatic rings. The van der Waals surface area contributed by atoms with Gasteiger partial charge in [-0.2, -0.15) is 0 Å². The molecule has 0 bridgehead atoms. The van der Waals surface area contributed by atoms with Crippen molar-refractivity contribution in [3.05, 3.63) is 94.2 Å². The summed E-state index contributed by atoms with van der Waals surface area (Å²) in [5.41, 5.74) is 1.01. The predicted molar refractivity (Wildman–Crippen MR) is 114 cm³/mol. The number of carbonyl (C=O) groups is 1. The summed E-state index contributed by atoms with van der Waals surface area (Å²) < 4.78 is 42.2. The lowest BCUT2D eigenvalue weighted by Gasteiger charge is -2.18. The molecule has 0 radical (unpaired) electrons. The summed E-state index contributed by atoms with van der Waals surface area (Å²) in [6, 6.07) is 18.7. The van der Waals surface area contributed by atoms with Gasteiger partial charge in [0.05, 0.1) is 10.6 Å². The van der Waals surface area contributed by atoms with E-state index < -0.39 is 15.8 Å². The maximum absolute atomic E-state index is 13.8. The summed E-state index contributed by atoms with van der Waals surface area (Å²) in [6.07, 6.45) is 0. The lowest BCUT2D eigenvalue weighted by Crippen LogP contribution is -2.26. The molecular weight excluding hydrogens is 459 g/mol. The molecule has 5 nitrogen and oxygen atoms in total. The Morgan fingerprint density at radius 2 is 1.72 bits per heavy atom. The molecule has 0 heterocycles. The Labute approximate surface area is 177 Å². The minimum Gasteiger partial charge on any atom is -0.337 e. The third-order valence-electron chi connectivity index (χ3n) is 4.19. The van der Waals surface area contributed by atoms with E-state index in [4.69, 9.17) is 0 Å². The van der Waals surface area contributed by atoms with E-state index >= 15 is 0 Å². The number of rotatable bonds is 6. The van der Waals surface area contributed by atoms with E-state index in [-0.39, 0.29) is 22.1 Å². The molecule has 0 saturated carbocycles. The highest BCUT2D eigenvalue weighted by atomic mass is 79.9. The number of benzene rings is 3. The Morgan fingerprint density at radius 1 is 1.03 bits per heavy atom. The van der Waals surface area contributed by atoms with E-state index in [1.54, 1.807) is 13.1 Å². The maximum Gasteiger partial charge on any atom is 0.262 e. The van der Waals surface area contributed by atoms with Gasteiger partial charge >= 0.3 is 0 Å². The van der Waals surface area contributed by atoms with Crippen molar-refractivity contribution < 1.29 is 17.6 Å². The smallest absolute Gasteiger partial charge is 0.262 e. The molecule has 0 fully saturated rings. The van der Waals surface area contributed by atoms with E-state index in [1.165, 1.54) is 41.3 Å². The van der Waals surface area contributed by atoms with E-state index in [0.717, 1.165) is 16.1 Å². The zero-order valence-corrected chi connectivity index (χ0v) is 17.9.